The smallest absolute Gasteiger partial charge is 0.300 e. The molecule has 14 heavy (non-hydrogen) atoms. The Morgan fingerprint density at radius 1 is 0.714 bits per heavy atom. The highest BCUT2D eigenvalue weighted by atomic mass is 16.4. The van der Waals surface area contributed by atoms with Crippen LogP contribution in [0.1, 0.15) is 20.8 Å². The van der Waals surface area contributed by atoms with E-state index in [1.807, 2.05) is 6.79 Å². The van der Waals surface area contributed by atoms with Crippen molar-refractivity contribution in [2.24, 2.45) is 0 Å². The second-order valence-electron chi connectivity index (χ2n) is 1.56. The lowest BCUT2D eigenvalue weighted by atomic mass is 10.9. The van der Waals surface area contributed by atoms with E-state index in [4.69, 9.17) is 34.5 Å². The number of carboxylic acids is 3. The molecule has 0 aromatic heterocycles. The summed E-state index contributed by atoms with van der Waals surface area (Å²) >= 11 is 0. The molecule has 0 aliphatic rings. The minimum Gasteiger partial charge on any atom is -0.481 e. The van der Waals surface area contributed by atoms with Crippen LogP contribution < -0.4 is 0 Å². The van der Waals surface area contributed by atoms with Crippen LogP contribution in [-0.4, -0.2) is 40.0 Å². The monoisotopic (exact) mass is 210 g/mol. The van der Waals surface area contributed by atoms with Crippen LogP contribution in [0.3, 0.4) is 0 Å². The molecule has 0 rings (SSSR count). The van der Waals surface area contributed by atoms with Crippen molar-refractivity contribution >= 4 is 24.7 Å². The molecule has 0 aliphatic carbocycles. The fourth-order valence-corrected chi connectivity index (χ4v) is 0. The van der Waals surface area contributed by atoms with Gasteiger partial charge in [-0.05, 0) is 0 Å². The van der Waals surface area contributed by atoms with Crippen LogP contribution in [0.5, 0.6) is 0 Å². The normalized spacial score (nSPS) is 5.64. The first kappa shape index (κ1) is 22.7. The van der Waals surface area contributed by atoms with Crippen molar-refractivity contribution in [3.8, 4) is 0 Å². The Bertz CT molecular complexity index is 123. The van der Waals surface area contributed by atoms with E-state index >= 15 is 0 Å². The summed E-state index contributed by atoms with van der Waals surface area (Å²) < 4.78 is 0. The molecule has 0 saturated carbocycles. The van der Waals surface area contributed by atoms with E-state index in [2.05, 4.69) is 0 Å². The zero-order valence-corrected chi connectivity index (χ0v) is 8.18. The topological polar surface area (TPSA) is 129 Å². The number of hydrogen-bond donors (Lipinski definition) is 3. The van der Waals surface area contributed by atoms with Crippen LogP contribution in [0.15, 0.2) is 0 Å². The second-order valence-corrected chi connectivity index (χ2v) is 1.56. The van der Waals surface area contributed by atoms with Gasteiger partial charge in [-0.3, -0.25) is 14.4 Å². The predicted molar refractivity (Wildman–Crippen MR) is 47.1 cm³/mol. The summed E-state index contributed by atoms with van der Waals surface area (Å²) in [5, 5.41) is 22.2. The van der Waals surface area contributed by atoms with Gasteiger partial charge in [-0.2, -0.15) is 0 Å². The third kappa shape index (κ3) is 225. The van der Waals surface area contributed by atoms with Crippen molar-refractivity contribution in [2.75, 3.05) is 0 Å². The van der Waals surface area contributed by atoms with Gasteiger partial charge in [0.2, 0.25) is 0 Å². The van der Waals surface area contributed by atoms with Crippen LogP contribution >= 0.6 is 0 Å². The van der Waals surface area contributed by atoms with Crippen molar-refractivity contribution in [1.82, 2.24) is 0 Å². The summed E-state index contributed by atoms with van der Waals surface area (Å²) in [6.45, 7) is 5.25. The van der Waals surface area contributed by atoms with E-state index in [1.54, 1.807) is 0 Å². The molecule has 0 aromatic carbocycles. The number of aliphatic carboxylic acids is 3. The van der Waals surface area contributed by atoms with Crippen LogP contribution in [0.4, 0.5) is 0 Å². The SMILES string of the molecule is C=O.CC(=O)O.CC(=O)O.CC(=O)O. The van der Waals surface area contributed by atoms with E-state index in [1.165, 1.54) is 0 Å². The fourth-order valence-electron chi connectivity index (χ4n) is 0. The Hall–Kier alpha value is -1.92. The number of carboxylic acid groups (broad SMARTS) is 3. The predicted octanol–water partition coefficient (Wildman–Crippen LogP) is 0.0878. The van der Waals surface area contributed by atoms with Crippen LogP contribution in [0.25, 0.3) is 0 Å². The van der Waals surface area contributed by atoms with E-state index < -0.39 is 17.9 Å². The molecule has 0 saturated heterocycles. The second kappa shape index (κ2) is 22.5. The first-order valence-corrected chi connectivity index (χ1v) is 3.07. The molecular formula is C7H14O7. The van der Waals surface area contributed by atoms with Gasteiger partial charge in [0, 0.05) is 20.8 Å². The molecule has 84 valence electrons. The van der Waals surface area contributed by atoms with Crippen molar-refractivity contribution in [3.63, 3.8) is 0 Å². The fraction of sp³-hybridized carbons (Fsp3) is 0.429. The molecule has 0 bridgehead atoms. The third-order valence-electron chi connectivity index (χ3n) is 0. The summed E-state index contributed by atoms with van der Waals surface area (Å²) in [7, 11) is 0. The van der Waals surface area contributed by atoms with Gasteiger partial charge in [-0.15, -0.1) is 0 Å². The van der Waals surface area contributed by atoms with Crippen LogP contribution in [0, 0.1) is 0 Å². The van der Waals surface area contributed by atoms with Crippen molar-refractivity contribution < 1.29 is 34.5 Å². The molecule has 7 nitrogen and oxygen atoms in total. The minimum absolute atomic E-state index is 0.833. The highest BCUT2D eigenvalue weighted by Gasteiger charge is 1.66. The summed E-state index contributed by atoms with van der Waals surface area (Å²) in [6, 6.07) is 0. The maximum Gasteiger partial charge on any atom is 0.300 e. The summed E-state index contributed by atoms with van der Waals surface area (Å²) in [5.41, 5.74) is 0. The van der Waals surface area contributed by atoms with Gasteiger partial charge in [-0.25, -0.2) is 0 Å². The number of carbonyl (C=O) groups excluding carboxylic acids is 1. The van der Waals surface area contributed by atoms with Gasteiger partial charge < -0.3 is 20.1 Å². The Labute approximate surface area is 81.0 Å². The molecule has 0 unspecified atom stereocenters. The average molecular weight is 210 g/mol. The van der Waals surface area contributed by atoms with Gasteiger partial charge in [-0.1, -0.05) is 0 Å². The van der Waals surface area contributed by atoms with E-state index in [-0.39, 0.29) is 0 Å². The first-order valence-electron chi connectivity index (χ1n) is 3.07. The number of rotatable bonds is 0. The van der Waals surface area contributed by atoms with Crippen molar-refractivity contribution in [1.29, 1.82) is 0 Å². The zero-order valence-electron chi connectivity index (χ0n) is 8.18. The van der Waals surface area contributed by atoms with Gasteiger partial charge in [0.05, 0.1) is 0 Å². The Kier molecular flexibility index (Phi) is 36.4. The molecule has 0 heterocycles. The molecule has 3 N–H and O–H groups in total. The molecule has 0 radical (unpaired) electrons. The molecular weight excluding hydrogens is 196 g/mol. The maximum atomic E-state index is 9.00. The quantitative estimate of drug-likeness (QED) is 0.516. The van der Waals surface area contributed by atoms with Gasteiger partial charge >= 0.3 is 0 Å². The third-order valence-corrected chi connectivity index (χ3v) is 0. The highest BCUT2D eigenvalue weighted by molar-refractivity contribution is 5.63. The van der Waals surface area contributed by atoms with Gasteiger partial charge in [0.15, 0.2) is 0 Å². The van der Waals surface area contributed by atoms with Gasteiger partial charge in [0.25, 0.3) is 17.9 Å². The zero-order chi connectivity index (χ0) is 12.7. The van der Waals surface area contributed by atoms with E-state index in [9.17, 15) is 0 Å². The Morgan fingerprint density at radius 2 is 0.714 bits per heavy atom. The average Bonchev–Trinajstić information content (AvgIpc) is 1.86. The molecule has 0 atom stereocenters. The lowest BCUT2D eigenvalue weighted by molar-refractivity contribution is -0.135. The molecule has 0 aliphatic heterocycles. The largest absolute Gasteiger partial charge is 0.481 e. The lowest BCUT2D eigenvalue weighted by Gasteiger charge is -1.59. The molecule has 7 heteroatoms. The number of hydrogen-bond acceptors (Lipinski definition) is 4. The first-order chi connectivity index (χ1) is 6.20. The maximum absolute atomic E-state index is 9.00. The summed E-state index contributed by atoms with van der Waals surface area (Å²) in [4.78, 5) is 35.0. The molecule has 0 aromatic rings. The van der Waals surface area contributed by atoms with Crippen LogP contribution in [-0.2, 0) is 19.2 Å². The lowest BCUT2D eigenvalue weighted by Crippen LogP contribution is -1.78. The van der Waals surface area contributed by atoms with Crippen molar-refractivity contribution in [2.45, 2.75) is 20.8 Å². The van der Waals surface area contributed by atoms with Crippen molar-refractivity contribution in [3.05, 3.63) is 0 Å². The highest BCUT2D eigenvalue weighted by Crippen LogP contribution is 1.42. The standard InChI is InChI=1S/3C2H4O2.CH2O/c3*1-2(3)4;1-2/h3*1H3,(H,3,4);1H2. The Balaban J connectivity index is -0.0000000492. The van der Waals surface area contributed by atoms with E-state index in [0.29, 0.717) is 0 Å². The summed E-state index contributed by atoms with van der Waals surface area (Å²) in [5.74, 6) is -2.50. The molecule has 0 fully saturated rings. The van der Waals surface area contributed by atoms with Crippen LogP contribution in [0.2, 0.25) is 0 Å². The minimum atomic E-state index is -0.833. The molecule has 0 amide bonds. The molecule has 0 spiro atoms. The van der Waals surface area contributed by atoms with E-state index in [0.717, 1.165) is 20.8 Å². The summed E-state index contributed by atoms with van der Waals surface area (Å²) in [6.07, 6.45) is 0. The Morgan fingerprint density at radius 3 is 0.714 bits per heavy atom. The van der Waals surface area contributed by atoms with Gasteiger partial charge in [0.1, 0.15) is 6.79 Å². The number of carbonyl (C=O) groups is 4.